The molecular formula is C15H28N2O. The van der Waals surface area contributed by atoms with E-state index in [1.165, 1.54) is 38.6 Å². The molecule has 3 nitrogen and oxygen atoms in total. The van der Waals surface area contributed by atoms with Gasteiger partial charge in [-0.1, -0.05) is 19.4 Å². The van der Waals surface area contributed by atoms with Crippen LogP contribution in [-0.4, -0.2) is 34.9 Å². The molecule has 0 amide bonds. The number of hydrogen-bond acceptors (Lipinski definition) is 3. The van der Waals surface area contributed by atoms with E-state index < -0.39 is 0 Å². The normalized spacial score (nSPS) is 29.8. The molecule has 1 fully saturated rings. The highest BCUT2D eigenvalue weighted by Gasteiger charge is 2.25. The van der Waals surface area contributed by atoms with E-state index in [0.717, 1.165) is 25.3 Å². The number of nitrogens with one attached hydrogen (secondary N) is 1. The van der Waals surface area contributed by atoms with Gasteiger partial charge in [0.1, 0.15) is 6.23 Å². The highest BCUT2D eigenvalue weighted by Crippen LogP contribution is 2.25. The summed E-state index contributed by atoms with van der Waals surface area (Å²) in [6.07, 6.45) is 13.6. The summed E-state index contributed by atoms with van der Waals surface area (Å²) in [7, 11) is 0. The van der Waals surface area contributed by atoms with E-state index in [4.69, 9.17) is 0 Å². The van der Waals surface area contributed by atoms with Crippen molar-refractivity contribution in [3.05, 3.63) is 12.3 Å². The van der Waals surface area contributed by atoms with E-state index in [1.54, 1.807) is 0 Å². The fourth-order valence-corrected chi connectivity index (χ4v) is 3.14. The van der Waals surface area contributed by atoms with Crippen molar-refractivity contribution in [3.8, 4) is 0 Å². The first-order chi connectivity index (χ1) is 8.79. The van der Waals surface area contributed by atoms with Gasteiger partial charge in [-0.2, -0.15) is 0 Å². The minimum atomic E-state index is -0.293. The highest BCUT2D eigenvalue weighted by molar-refractivity contribution is 4.96. The molecule has 104 valence electrons. The van der Waals surface area contributed by atoms with Gasteiger partial charge in [0.25, 0.3) is 0 Å². The van der Waals surface area contributed by atoms with Crippen molar-refractivity contribution in [2.75, 3.05) is 6.54 Å². The smallest absolute Gasteiger partial charge is 0.105 e. The lowest BCUT2D eigenvalue weighted by Crippen LogP contribution is -2.43. The van der Waals surface area contributed by atoms with Crippen LogP contribution in [0.2, 0.25) is 0 Å². The second-order valence-electron chi connectivity index (χ2n) is 5.74. The summed E-state index contributed by atoms with van der Waals surface area (Å²) in [5, 5.41) is 13.3. The molecule has 0 aromatic heterocycles. The van der Waals surface area contributed by atoms with E-state index >= 15 is 0 Å². The minimum absolute atomic E-state index is 0.293. The maximum atomic E-state index is 9.88. The first-order valence-corrected chi connectivity index (χ1v) is 7.66. The van der Waals surface area contributed by atoms with Crippen molar-refractivity contribution in [1.82, 2.24) is 10.2 Å². The third-order valence-electron chi connectivity index (χ3n) is 4.28. The highest BCUT2D eigenvalue weighted by atomic mass is 16.3. The maximum Gasteiger partial charge on any atom is 0.105 e. The van der Waals surface area contributed by atoms with Crippen LogP contribution in [0.4, 0.5) is 0 Å². The molecule has 1 heterocycles. The number of nitrogens with zero attached hydrogens (tertiary/aromatic N) is 1. The summed E-state index contributed by atoms with van der Waals surface area (Å²) in [6, 6.07) is 1.27. The first kappa shape index (κ1) is 13.9. The lowest BCUT2D eigenvalue weighted by atomic mass is 9.90. The Bertz CT molecular complexity index is 259. The van der Waals surface area contributed by atoms with Gasteiger partial charge in [0.15, 0.2) is 0 Å². The molecule has 1 aliphatic carbocycles. The van der Waals surface area contributed by atoms with Crippen molar-refractivity contribution in [1.29, 1.82) is 0 Å². The first-order valence-electron chi connectivity index (χ1n) is 7.66. The van der Waals surface area contributed by atoms with Crippen molar-refractivity contribution >= 4 is 0 Å². The molecule has 1 atom stereocenters. The van der Waals surface area contributed by atoms with Gasteiger partial charge < -0.3 is 10.0 Å². The van der Waals surface area contributed by atoms with Crippen molar-refractivity contribution in [2.24, 2.45) is 0 Å². The van der Waals surface area contributed by atoms with Gasteiger partial charge in [-0.3, -0.25) is 5.32 Å². The number of hydrogen-bond donors (Lipinski definition) is 2. The Morgan fingerprint density at radius 1 is 1.33 bits per heavy atom. The molecule has 2 aliphatic rings. The fourth-order valence-electron chi connectivity index (χ4n) is 3.14. The topological polar surface area (TPSA) is 35.5 Å². The third-order valence-corrected chi connectivity index (χ3v) is 4.28. The lowest BCUT2D eigenvalue weighted by molar-refractivity contribution is 0.0936. The summed E-state index contributed by atoms with van der Waals surface area (Å²) in [5.41, 5.74) is 0. The molecule has 0 aromatic carbocycles. The van der Waals surface area contributed by atoms with E-state index in [0.29, 0.717) is 6.04 Å². The molecule has 1 aliphatic heterocycles. The summed E-state index contributed by atoms with van der Waals surface area (Å²) in [6.45, 7) is 3.38. The van der Waals surface area contributed by atoms with Crippen LogP contribution in [0.5, 0.6) is 0 Å². The van der Waals surface area contributed by atoms with Gasteiger partial charge in [-0.15, -0.1) is 0 Å². The van der Waals surface area contributed by atoms with Crippen LogP contribution in [-0.2, 0) is 0 Å². The monoisotopic (exact) mass is 252 g/mol. The lowest BCUT2D eigenvalue weighted by Gasteiger charge is -2.35. The van der Waals surface area contributed by atoms with E-state index in [9.17, 15) is 5.11 Å². The Hall–Kier alpha value is -0.540. The summed E-state index contributed by atoms with van der Waals surface area (Å²) < 4.78 is 0. The SMILES string of the molecule is CCCC[C@H](O)NC1CCC(N2C=CCC2)CC1. The van der Waals surface area contributed by atoms with Gasteiger partial charge in [0.05, 0.1) is 0 Å². The van der Waals surface area contributed by atoms with Crippen molar-refractivity contribution in [3.63, 3.8) is 0 Å². The van der Waals surface area contributed by atoms with Gasteiger partial charge in [-0.25, -0.2) is 0 Å². The Balaban J connectivity index is 1.65. The molecule has 2 rings (SSSR count). The van der Waals surface area contributed by atoms with Gasteiger partial charge >= 0.3 is 0 Å². The van der Waals surface area contributed by atoms with Crippen LogP contribution in [0.3, 0.4) is 0 Å². The zero-order chi connectivity index (χ0) is 12.8. The van der Waals surface area contributed by atoms with Crippen LogP contribution in [0.25, 0.3) is 0 Å². The summed E-state index contributed by atoms with van der Waals surface area (Å²) >= 11 is 0. The Kier molecular flexibility index (Phi) is 5.51. The molecule has 3 heteroatoms. The second-order valence-corrected chi connectivity index (χ2v) is 5.74. The zero-order valence-electron chi connectivity index (χ0n) is 11.6. The largest absolute Gasteiger partial charge is 0.379 e. The van der Waals surface area contributed by atoms with Crippen molar-refractivity contribution < 1.29 is 5.11 Å². The Morgan fingerprint density at radius 2 is 2.11 bits per heavy atom. The second kappa shape index (κ2) is 7.15. The maximum absolute atomic E-state index is 9.88. The molecule has 2 N–H and O–H groups in total. The van der Waals surface area contributed by atoms with Crippen molar-refractivity contribution in [2.45, 2.75) is 76.6 Å². The van der Waals surface area contributed by atoms with E-state index in [-0.39, 0.29) is 6.23 Å². The average molecular weight is 252 g/mol. The molecule has 1 saturated carbocycles. The van der Waals surface area contributed by atoms with E-state index in [1.807, 2.05) is 0 Å². The van der Waals surface area contributed by atoms with Crippen LogP contribution >= 0.6 is 0 Å². The minimum Gasteiger partial charge on any atom is -0.379 e. The predicted molar refractivity (Wildman–Crippen MR) is 75.2 cm³/mol. The molecule has 0 spiro atoms. The van der Waals surface area contributed by atoms with Crippen LogP contribution in [0.15, 0.2) is 12.3 Å². The summed E-state index contributed by atoms with van der Waals surface area (Å²) in [5.74, 6) is 0. The molecule has 0 bridgehead atoms. The molecule has 18 heavy (non-hydrogen) atoms. The van der Waals surface area contributed by atoms with Crippen LogP contribution in [0.1, 0.15) is 58.3 Å². The zero-order valence-corrected chi connectivity index (χ0v) is 11.6. The number of unbranched alkanes of at least 4 members (excludes halogenated alkanes) is 1. The quantitative estimate of drug-likeness (QED) is 0.713. The van der Waals surface area contributed by atoms with Gasteiger partial charge in [-0.05, 0) is 51.1 Å². The van der Waals surface area contributed by atoms with Gasteiger partial charge in [0, 0.05) is 18.6 Å². The Morgan fingerprint density at radius 3 is 2.72 bits per heavy atom. The standard InChI is InChI=1S/C15H28N2O/c1-2-3-6-15(18)16-13-7-9-14(10-8-13)17-11-4-5-12-17/h4,11,13-16,18H,2-3,5-10,12H2,1H3/t13?,14?,15-/m0/s1. The van der Waals surface area contributed by atoms with Crippen LogP contribution in [0, 0.1) is 0 Å². The number of aliphatic hydroxyl groups excluding tert-OH is 1. The summed E-state index contributed by atoms with van der Waals surface area (Å²) in [4.78, 5) is 2.50. The number of aliphatic hydroxyl groups is 1. The van der Waals surface area contributed by atoms with Crippen LogP contribution < -0.4 is 5.32 Å². The number of rotatable bonds is 6. The molecule has 0 unspecified atom stereocenters. The molecular weight excluding hydrogens is 224 g/mol. The molecule has 0 radical (unpaired) electrons. The average Bonchev–Trinajstić information content (AvgIpc) is 2.91. The predicted octanol–water partition coefficient (Wildman–Crippen LogP) is 2.62. The Labute approximate surface area is 111 Å². The fraction of sp³-hybridized carbons (Fsp3) is 0.867. The molecule has 0 aromatic rings. The van der Waals surface area contributed by atoms with Gasteiger partial charge in [0.2, 0.25) is 0 Å². The van der Waals surface area contributed by atoms with E-state index in [2.05, 4.69) is 29.4 Å². The third kappa shape index (κ3) is 3.99. The molecule has 0 saturated heterocycles.